The van der Waals surface area contributed by atoms with Crippen molar-refractivity contribution in [2.75, 3.05) is 0 Å². The van der Waals surface area contributed by atoms with E-state index in [1.807, 2.05) is 0 Å². The van der Waals surface area contributed by atoms with Crippen LogP contribution in [0, 0.1) is 23.7 Å². The van der Waals surface area contributed by atoms with Gasteiger partial charge in [-0.15, -0.1) is 0 Å². The van der Waals surface area contributed by atoms with Crippen molar-refractivity contribution in [2.24, 2.45) is 23.7 Å². The van der Waals surface area contributed by atoms with Gasteiger partial charge in [-0.2, -0.15) is 0 Å². The number of rotatable bonds is 11. The molecule has 0 saturated heterocycles. The first-order valence-electron chi connectivity index (χ1n) is 10.2. The molecule has 0 heterocycles. The van der Waals surface area contributed by atoms with E-state index in [0.717, 1.165) is 31.6 Å². The van der Waals surface area contributed by atoms with E-state index in [0.29, 0.717) is 31.6 Å². The minimum atomic E-state index is -0.730. The first kappa shape index (κ1) is 22.0. The molecule has 1 atom stereocenters. The lowest BCUT2D eigenvalue weighted by Gasteiger charge is -2.27. The third-order valence-electron chi connectivity index (χ3n) is 5.32. The first-order chi connectivity index (χ1) is 11.8. The second-order valence-corrected chi connectivity index (χ2v) is 8.60. The van der Waals surface area contributed by atoms with Crippen molar-refractivity contribution in [1.29, 1.82) is 0 Å². The Labute approximate surface area is 153 Å². The average Bonchev–Trinajstić information content (AvgIpc) is 2.55. The van der Waals surface area contributed by atoms with Crippen molar-refractivity contribution < 1.29 is 19.4 Å². The molecule has 1 fully saturated rings. The molecular formula is C21H38O4. The number of hydrogen-bond donors (Lipinski definition) is 1. The van der Waals surface area contributed by atoms with E-state index < -0.39 is 5.97 Å². The van der Waals surface area contributed by atoms with Crippen LogP contribution in [0.1, 0.15) is 91.9 Å². The van der Waals surface area contributed by atoms with Gasteiger partial charge in [-0.25, -0.2) is 0 Å². The summed E-state index contributed by atoms with van der Waals surface area (Å²) in [4.78, 5) is 23.5. The molecule has 4 nitrogen and oxygen atoms in total. The fourth-order valence-corrected chi connectivity index (χ4v) is 3.54. The third-order valence-corrected chi connectivity index (χ3v) is 5.32. The summed E-state index contributed by atoms with van der Waals surface area (Å²) in [5, 5.41) is 9.07. The van der Waals surface area contributed by atoms with Gasteiger partial charge in [0.1, 0.15) is 6.10 Å². The lowest BCUT2D eigenvalue weighted by Crippen LogP contribution is -2.30. The molecule has 4 heteroatoms. The maximum atomic E-state index is 12.5. The molecular weight excluding hydrogens is 316 g/mol. The van der Waals surface area contributed by atoms with Crippen LogP contribution in [0.5, 0.6) is 0 Å². The third kappa shape index (κ3) is 9.27. The summed E-state index contributed by atoms with van der Waals surface area (Å²) < 4.78 is 5.86. The molecule has 146 valence electrons. The van der Waals surface area contributed by atoms with E-state index in [2.05, 4.69) is 27.7 Å². The van der Waals surface area contributed by atoms with Crippen LogP contribution >= 0.6 is 0 Å². The Bertz CT molecular complexity index is 395. The van der Waals surface area contributed by atoms with Gasteiger partial charge in [0.2, 0.25) is 0 Å². The summed E-state index contributed by atoms with van der Waals surface area (Å²) in [6.07, 6.45) is 9.03. The van der Waals surface area contributed by atoms with E-state index in [9.17, 15) is 9.59 Å². The Hall–Kier alpha value is -1.06. The van der Waals surface area contributed by atoms with Crippen LogP contribution in [0.15, 0.2) is 0 Å². The summed E-state index contributed by atoms with van der Waals surface area (Å²) in [5.41, 5.74) is 0. The molecule has 25 heavy (non-hydrogen) atoms. The van der Waals surface area contributed by atoms with Crippen molar-refractivity contribution in [3.8, 4) is 0 Å². The number of hydrogen-bond acceptors (Lipinski definition) is 3. The zero-order valence-electron chi connectivity index (χ0n) is 16.6. The summed E-state index contributed by atoms with van der Waals surface area (Å²) in [6.45, 7) is 8.88. The highest BCUT2D eigenvalue weighted by Gasteiger charge is 2.31. The number of carboxylic acid groups (broad SMARTS) is 1. The number of ether oxygens (including phenoxy) is 1. The summed E-state index contributed by atoms with van der Waals surface area (Å²) in [6, 6.07) is 0. The number of unbranched alkanes of at least 4 members (excludes halogenated alkanes) is 1. The molecule has 1 unspecified atom stereocenters. The number of esters is 1. The Balaban J connectivity index is 2.43. The van der Waals surface area contributed by atoms with Crippen molar-refractivity contribution in [2.45, 2.75) is 98.0 Å². The van der Waals surface area contributed by atoms with E-state index >= 15 is 0 Å². The Morgan fingerprint density at radius 1 is 0.840 bits per heavy atom. The van der Waals surface area contributed by atoms with Gasteiger partial charge in [-0.3, -0.25) is 9.59 Å². The van der Waals surface area contributed by atoms with Crippen LogP contribution in [-0.2, 0) is 14.3 Å². The predicted octanol–water partition coefficient (Wildman–Crippen LogP) is 5.44. The normalized spacial score (nSPS) is 22.2. The minimum absolute atomic E-state index is 0.0271. The summed E-state index contributed by atoms with van der Waals surface area (Å²) >= 11 is 0. The van der Waals surface area contributed by atoms with Gasteiger partial charge >= 0.3 is 11.9 Å². The van der Waals surface area contributed by atoms with Gasteiger partial charge in [0.05, 0.1) is 11.8 Å². The number of carbonyl (C=O) groups excluding carboxylic acids is 1. The summed E-state index contributed by atoms with van der Waals surface area (Å²) in [5.74, 6) is 0.127. The maximum absolute atomic E-state index is 12.5. The van der Waals surface area contributed by atoms with Crippen LogP contribution in [0.2, 0.25) is 0 Å². The van der Waals surface area contributed by atoms with E-state index in [1.165, 1.54) is 12.8 Å². The van der Waals surface area contributed by atoms with Crippen LogP contribution < -0.4 is 0 Å². The molecule has 0 amide bonds. The zero-order valence-corrected chi connectivity index (χ0v) is 16.6. The molecule has 0 aromatic carbocycles. The van der Waals surface area contributed by atoms with Crippen LogP contribution in [0.25, 0.3) is 0 Å². The van der Waals surface area contributed by atoms with Crippen molar-refractivity contribution >= 4 is 11.9 Å². The molecule has 0 aliphatic heterocycles. The van der Waals surface area contributed by atoms with Crippen LogP contribution in [0.4, 0.5) is 0 Å². The molecule has 1 N–H and O–H groups in total. The van der Waals surface area contributed by atoms with Gasteiger partial charge < -0.3 is 9.84 Å². The Morgan fingerprint density at radius 2 is 1.36 bits per heavy atom. The molecule has 1 rings (SSSR count). The lowest BCUT2D eigenvalue weighted by atomic mass is 9.82. The quantitative estimate of drug-likeness (QED) is 0.396. The Kier molecular flexibility index (Phi) is 10.1. The highest BCUT2D eigenvalue weighted by atomic mass is 16.5. The topological polar surface area (TPSA) is 63.6 Å². The molecule has 0 spiro atoms. The second-order valence-electron chi connectivity index (χ2n) is 8.60. The first-order valence-corrected chi connectivity index (χ1v) is 10.2. The smallest absolute Gasteiger partial charge is 0.309 e. The van der Waals surface area contributed by atoms with Gasteiger partial charge in [-0.05, 0) is 63.2 Å². The highest BCUT2D eigenvalue weighted by Crippen LogP contribution is 2.30. The second kappa shape index (κ2) is 11.5. The average molecular weight is 355 g/mol. The SMILES string of the molecule is CC(C)CCCCC(CCC(C)C)OC(=O)C1CCC(C(=O)O)CC1. The van der Waals surface area contributed by atoms with Gasteiger partial charge in [0.15, 0.2) is 0 Å². The monoisotopic (exact) mass is 354 g/mol. The zero-order chi connectivity index (χ0) is 18.8. The van der Waals surface area contributed by atoms with Crippen molar-refractivity contribution in [1.82, 2.24) is 0 Å². The van der Waals surface area contributed by atoms with Crippen LogP contribution in [0.3, 0.4) is 0 Å². The number of carboxylic acids is 1. The van der Waals surface area contributed by atoms with Gasteiger partial charge in [-0.1, -0.05) is 40.5 Å². The molecule has 1 saturated carbocycles. The molecule has 1 aliphatic rings. The Morgan fingerprint density at radius 3 is 1.88 bits per heavy atom. The summed E-state index contributed by atoms with van der Waals surface area (Å²) in [7, 11) is 0. The van der Waals surface area contributed by atoms with Crippen molar-refractivity contribution in [3.63, 3.8) is 0 Å². The fourth-order valence-electron chi connectivity index (χ4n) is 3.54. The van der Waals surface area contributed by atoms with Crippen LogP contribution in [-0.4, -0.2) is 23.1 Å². The molecule has 0 aromatic heterocycles. The van der Waals surface area contributed by atoms with Gasteiger partial charge in [0.25, 0.3) is 0 Å². The number of aliphatic carboxylic acids is 1. The largest absolute Gasteiger partial charge is 0.481 e. The van der Waals surface area contributed by atoms with E-state index in [-0.39, 0.29) is 23.9 Å². The number of carbonyl (C=O) groups is 2. The predicted molar refractivity (Wildman–Crippen MR) is 100 cm³/mol. The molecule has 0 radical (unpaired) electrons. The lowest BCUT2D eigenvalue weighted by molar-refractivity contribution is -0.158. The van der Waals surface area contributed by atoms with Gasteiger partial charge in [0, 0.05) is 0 Å². The van der Waals surface area contributed by atoms with E-state index in [4.69, 9.17) is 9.84 Å². The van der Waals surface area contributed by atoms with E-state index in [1.54, 1.807) is 0 Å². The highest BCUT2D eigenvalue weighted by molar-refractivity contribution is 5.74. The molecule has 1 aliphatic carbocycles. The molecule has 0 bridgehead atoms. The molecule has 0 aromatic rings. The fraction of sp³-hybridized carbons (Fsp3) is 0.905. The maximum Gasteiger partial charge on any atom is 0.309 e. The standard InChI is InChI=1S/C21H38O4/c1-15(2)7-5-6-8-19(14-9-16(3)4)25-21(24)18-12-10-17(11-13-18)20(22)23/h15-19H,5-14H2,1-4H3,(H,22,23). The minimum Gasteiger partial charge on any atom is -0.481 e. The van der Waals surface area contributed by atoms with Crippen molar-refractivity contribution in [3.05, 3.63) is 0 Å².